The van der Waals surface area contributed by atoms with Crippen molar-refractivity contribution in [1.82, 2.24) is 15.2 Å². The van der Waals surface area contributed by atoms with Crippen LogP contribution in [0.5, 0.6) is 0 Å². The van der Waals surface area contributed by atoms with E-state index >= 15 is 0 Å². The smallest absolute Gasteiger partial charge is 0.265 e. The molecule has 0 bridgehead atoms. The maximum Gasteiger partial charge on any atom is 0.265 e. The van der Waals surface area contributed by atoms with Crippen molar-refractivity contribution in [1.29, 1.82) is 0 Å². The van der Waals surface area contributed by atoms with Crippen LogP contribution in [0, 0.1) is 5.92 Å². The number of nitrogens with one attached hydrogen (secondary N) is 1. The summed E-state index contributed by atoms with van der Waals surface area (Å²) in [5.74, 6) is 5.60. The summed E-state index contributed by atoms with van der Waals surface area (Å²) in [6, 6.07) is 8.26. The second kappa shape index (κ2) is 6.35. The highest BCUT2D eigenvalue weighted by molar-refractivity contribution is 5.93. The number of carbonyl (C=O) groups excluding carboxylic acids is 1. The molecule has 1 heterocycles. The van der Waals surface area contributed by atoms with E-state index < -0.39 is 0 Å². The van der Waals surface area contributed by atoms with Crippen LogP contribution >= 0.6 is 0 Å². The minimum absolute atomic E-state index is 0.243. The predicted molar refractivity (Wildman–Crippen MR) is 80.0 cm³/mol. The first kappa shape index (κ1) is 15.0. The molecular weight excluding hydrogens is 252 g/mol. The Labute approximate surface area is 120 Å². The van der Waals surface area contributed by atoms with Crippen molar-refractivity contribution < 1.29 is 4.79 Å². The summed E-state index contributed by atoms with van der Waals surface area (Å²) >= 11 is 0. The number of hydrazine groups is 1. The van der Waals surface area contributed by atoms with Crippen LogP contribution in [-0.4, -0.2) is 48.9 Å². The van der Waals surface area contributed by atoms with Crippen molar-refractivity contribution in [3.8, 4) is 0 Å². The topological polar surface area (TPSA) is 61.6 Å². The van der Waals surface area contributed by atoms with Crippen LogP contribution in [0.15, 0.2) is 24.3 Å². The Morgan fingerprint density at radius 1 is 1.45 bits per heavy atom. The predicted octanol–water partition coefficient (Wildman–Crippen LogP) is 0.672. The quantitative estimate of drug-likeness (QED) is 0.482. The van der Waals surface area contributed by atoms with Gasteiger partial charge < -0.3 is 4.90 Å². The fraction of sp³-hybridized carbons (Fsp3) is 0.533. The minimum atomic E-state index is -0.243. The third kappa shape index (κ3) is 3.36. The minimum Gasteiger partial charge on any atom is -0.305 e. The summed E-state index contributed by atoms with van der Waals surface area (Å²) < 4.78 is 0. The fourth-order valence-electron chi connectivity index (χ4n) is 3.00. The average molecular weight is 276 g/mol. The van der Waals surface area contributed by atoms with Gasteiger partial charge in [-0.05, 0) is 37.7 Å². The van der Waals surface area contributed by atoms with Gasteiger partial charge in [-0.2, -0.15) is 0 Å². The first-order valence-corrected chi connectivity index (χ1v) is 7.00. The van der Waals surface area contributed by atoms with E-state index in [2.05, 4.69) is 42.3 Å². The van der Waals surface area contributed by atoms with Gasteiger partial charge in [-0.25, -0.2) is 5.84 Å². The van der Waals surface area contributed by atoms with Crippen LogP contribution < -0.4 is 11.3 Å². The van der Waals surface area contributed by atoms with E-state index in [0.717, 1.165) is 25.2 Å². The van der Waals surface area contributed by atoms with E-state index in [4.69, 9.17) is 5.84 Å². The van der Waals surface area contributed by atoms with Crippen molar-refractivity contribution in [2.75, 3.05) is 27.2 Å². The molecule has 0 aliphatic carbocycles. The van der Waals surface area contributed by atoms with Crippen LogP contribution in [0.25, 0.3) is 0 Å². The third-order valence-electron chi connectivity index (χ3n) is 4.04. The SMILES string of the molecule is CC1CN(Cc2cccc(C(=O)NN)c2)CC1N(C)C. The van der Waals surface area contributed by atoms with Gasteiger partial charge in [0, 0.05) is 31.2 Å². The molecule has 0 radical (unpaired) electrons. The maximum absolute atomic E-state index is 11.5. The highest BCUT2D eigenvalue weighted by atomic mass is 16.2. The molecule has 2 unspecified atom stereocenters. The van der Waals surface area contributed by atoms with E-state index in [1.54, 1.807) is 6.07 Å². The van der Waals surface area contributed by atoms with Crippen LogP contribution in [0.3, 0.4) is 0 Å². The summed E-state index contributed by atoms with van der Waals surface area (Å²) in [5.41, 5.74) is 3.94. The van der Waals surface area contributed by atoms with Crippen molar-refractivity contribution >= 4 is 5.91 Å². The number of hydrogen-bond acceptors (Lipinski definition) is 4. The van der Waals surface area contributed by atoms with Gasteiger partial charge in [-0.15, -0.1) is 0 Å². The number of hydrogen-bond donors (Lipinski definition) is 2. The molecule has 0 saturated carbocycles. The van der Waals surface area contributed by atoms with Gasteiger partial charge in [-0.1, -0.05) is 19.1 Å². The molecule has 5 heteroatoms. The number of nitrogens with two attached hydrogens (primary N) is 1. The molecule has 1 aliphatic heterocycles. The zero-order valence-corrected chi connectivity index (χ0v) is 12.5. The first-order chi connectivity index (χ1) is 9.51. The lowest BCUT2D eigenvalue weighted by molar-refractivity contribution is 0.0953. The molecule has 1 aromatic rings. The highest BCUT2D eigenvalue weighted by Gasteiger charge is 2.30. The summed E-state index contributed by atoms with van der Waals surface area (Å²) in [4.78, 5) is 16.3. The Morgan fingerprint density at radius 3 is 2.80 bits per heavy atom. The monoisotopic (exact) mass is 276 g/mol. The van der Waals surface area contributed by atoms with Crippen LogP contribution in [0.1, 0.15) is 22.8 Å². The van der Waals surface area contributed by atoms with Gasteiger partial charge in [0.2, 0.25) is 0 Å². The Morgan fingerprint density at radius 2 is 2.20 bits per heavy atom. The van der Waals surface area contributed by atoms with Gasteiger partial charge in [0.25, 0.3) is 5.91 Å². The summed E-state index contributed by atoms with van der Waals surface area (Å²) in [5, 5.41) is 0. The van der Waals surface area contributed by atoms with E-state index in [1.807, 2.05) is 12.1 Å². The second-order valence-corrected chi connectivity index (χ2v) is 5.88. The van der Waals surface area contributed by atoms with Gasteiger partial charge in [0.1, 0.15) is 0 Å². The molecular formula is C15H24N4O. The van der Waals surface area contributed by atoms with Crippen LogP contribution in [-0.2, 0) is 6.54 Å². The number of nitrogens with zero attached hydrogens (tertiary/aromatic N) is 2. The molecule has 1 aliphatic rings. The molecule has 0 spiro atoms. The summed E-state index contributed by atoms with van der Waals surface area (Å²) in [6.45, 7) is 5.33. The molecule has 20 heavy (non-hydrogen) atoms. The fourth-order valence-corrected chi connectivity index (χ4v) is 3.00. The third-order valence-corrected chi connectivity index (χ3v) is 4.04. The number of rotatable bonds is 4. The number of nitrogen functional groups attached to an aromatic ring is 1. The lowest BCUT2D eigenvalue weighted by Crippen LogP contribution is -2.34. The van der Waals surface area contributed by atoms with Gasteiger partial charge >= 0.3 is 0 Å². The zero-order chi connectivity index (χ0) is 14.7. The van der Waals surface area contributed by atoms with Crippen LogP contribution in [0.2, 0.25) is 0 Å². The van der Waals surface area contributed by atoms with Gasteiger partial charge in [0.15, 0.2) is 0 Å². The lowest BCUT2D eigenvalue weighted by Gasteiger charge is -2.22. The molecule has 5 nitrogen and oxygen atoms in total. The average Bonchev–Trinajstić information content (AvgIpc) is 2.79. The molecule has 3 N–H and O–H groups in total. The summed E-state index contributed by atoms with van der Waals surface area (Å²) in [6.07, 6.45) is 0. The Kier molecular flexibility index (Phi) is 4.75. The van der Waals surface area contributed by atoms with Gasteiger partial charge in [0.05, 0.1) is 0 Å². The number of amides is 1. The number of benzene rings is 1. The summed E-state index contributed by atoms with van der Waals surface area (Å²) in [7, 11) is 4.27. The van der Waals surface area contributed by atoms with Gasteiger partial charge in [-0.3, -0.25) is 15.1 Å². The largest absolute Gasteiger partial charge is 0.305 e. The molecule has 110 valence electrons. The normalized spacial score (nSPS) is 23.2. The van der Waals surface area contributed by atoms with E-state index in [1.165, 1.54) is 0 Å². The number of likely N-dealkylation sites (tertiary alicyclic amines) is 1. The van der Waals surface area contributed by atoms with Crippen molar-refractivity contribution in [2.45, 2.75) is 19.5 Å². The lowest BCUT2D eigenvalue weighted by atomic mass is 10.1. The van der Waals surface area contributed by atoms with Crippen LogP contribution in [0.4, 0.5) is 0 Å². The Balaban J connectivity index is 2.02. The maximum atomic E-state index is 11.5. The molecule has 1 amide bonds. The van der Waals surface area contributed by atoms with E-state index in [0.29, 0.717) is 17.5 Å². The zero-order valence-electron chi connectivity index (χ0n) is 12.5. The molecule has 0 aromatic heterocycles. The first-order valence-electron chi connectivity index (χ1n) is 7.00. The Hall–Kier alpha value is -1.43. The van der Waals surface area contributed by atoms with Crippen molar-refractivity contribution in [2.24, 2.45) is 11.8 Å². The second-order valence-electron chi connectivity index (χ2n) is 5.88. The highest BCUT2D eigenvalue weighted by Crippen LogP contribution is 2.22. The molecule has 1 saturated heterocycles. The van der Waals surface area contributed by atoms with E-state index in [-0.39, 0.29) is 5.91 Å². The molecule has 1 aromatic carbocycles. The van der Waals surface area contributed by atoms with Crippen molar-refractivity contribution in [3.63, 3.8) is 0 Å². The number of carbonyl (C=O) groups is 1. The number of likely N-dealkylation sites (N-methyl/N-ethyl adjacent to an activating group) is 1. The molecule has 1 fully saturated rings. The molecule has 2 rings (SSSR count). The Bertz CT molecular complexity index is 475. The van der Waals surface area contributed by atoms with Crippen molar-refractivity contribution in [3.05, 3.63) is 35.4 Å². The standard InChI is InChI=1S/C15H24N4O/c1-11-8-19(10-14(11)18(2)3)9-12-5-4-6-13(7-12)15(20)17-16/h4-7,11,14H,8-10,16H2,1-3H3,(H,17,20). The van der Waals surface area contributed by atoms with E-state index in [9.17, 15) is 4.79 Å². The molecule has 2 atom stereocenters.